The van der Waals surface area contributed by atoms with Crippen LogP contribution in [0.15, 0.2) is 48.5 Å². The second-order valence-electron chi connectivity index (χ2n) is 5.93. The molecule has 2 amide bonds. The van der Waals surface area contributed by atoms with Gasteiger partial charge >= 0.3 is 0 Å². The summed E-state index contributed by atoms with van der Waals surface area (Å²) in [6.07, 6.45) is 1.67. The Morgan fingerprint density at radius 2 is 1.89 bits per heavy atom. The summed E-state index contributed by atoms with van der Waals surface area (Å²) in [6.45, 7) is 2.61. The maximum Gasteiger partial charge on any atom is 0.251 e. The van der Waals surface area contributed by atoms with Gasteiger partial charge in [-0.2, -0.15) is 0 Å². The third-order valence-corrected chi connectivity index (χ3v) is 4.32. The Balaban J connectivity index is 1.85. The van der Waals surface area contributed by atoms with Crippen LogP contribution >= 0.6 is 23.8 Å². The Morgan fingerprint density at radius 1 is 1.11 bits per heavy atom. The van der Waals surface area contributed by atoms with Crippen LogP contribution in [0.4, 0.5) is 5.69 Å². The van der Waals surface area contributed by atoms with Crippen LogP contribution in [-0.4, -0.2) is 23.5 Å². The van der Waals surface area contributed by atoms with Gasteiger partial charge in [-0.1, -0.05) is 42.8 Å². The normalized spacial score (nSPS) is 10.1. The lowest BCUT2D eigenvalue weighted by Gasteiger charge is -2.11. The number of amides is 2. The lowest BCUT2D eigenvalue weighted by atomic mass is 10.1. The van der Waals surface area contributed by atoms with E-state index in [-0.39, 0.29) is 23.3 Å². The van der Waals surface area contributed by atoms with E-state index in [1.54, 1.807) is 30.3 Å². The maximum atomic E-state index is 12.1. The number of anilines is 1. The molecule has 3 N–H and O–H groups in total. The predicted molar refractivity (Wildman–Crippen MR) is 113 cm³/mol. The molecule has 0 heterocycles. The quantitative estimate of drug-likeness (QED) is 0.613. The minimum atomic E-state index is -0.204. The van der Waals surface area contributed by atoms with Crippen molar-refractivity contribution in [1.82, 2.24) is 10.6 Å². The molecule has 0 radical (unpaired) electrons. The van der Waals surface area contributed by atoms with Gasteiger partial charge in [-0.05, 0) is 54.9 Å². The first kappa shape index (κ1) is 20.9. The summed E-state index contributed by atoms with van der Waals surface area (Å²) >= 11 is 11.3. The standard InChI is InChI=1S/C20H22ClN3O2S/c1-2-12-22-19(26)15-7-5-8-16(13-15)23-20(27)24-18(25)11-10-14-6-3-4-9-17(14)21/h3-9,13H,2,10-12H2,1H3,(H,22,26)(H2,23,24,25,27). The molecule has 0 saturated carbocycles. The van der Waals surface area contributed by atoms with Gasteiger partial charge in [0.15, 0.2) is 5.11 Å². The molecule has 27 heavy (non-hydrogen) atoms. The van der Waals surface area contributed by atoms with Crippen LogP contribution in [0, 0.1) is 0 Å². The van der Waals surface area contributed by atoms with E-state index in [4.69, 9.17) is 23.8 Å². The Morgan fingerprint density at radius 3 is 2.63 bits per heavy atom. The van der Waals surface area contributed by atoms with E-state index in [9.17, 15) is 9.59 Å². The van der Waals surface area contributed by atoms with Crippen LogP contribution in [0.25, 0.3) is 0 Å². The van der Waals surface area contributed by atoms with E-state index in [1.807, 2.05) is 25.1 Å². The summed E-state index contributed by atoms with van der Waals surface area (Å²) in [6, 6.07) is 14.4. The zero-order valence-electron chi connectivity index (χ0n) is 15.0. The number of hydrogen-bond donors (Lipinski definition) is 3. The van der Waals surface area contributed by atoms with Crippen molar-refractivity contribution in [3.63, 3.8) is 0 Å². The number of carbonyl (C=O) groups excluding carboxylic acids is 2. The molecule has 0 aromatic heterocycles. The molecule has 2 rings (SSSR count). The molecule has 0 atom stereocenters. The van der Waals surface area contributed by atoms with Crippen molar-refractivity contribution in [3.05, 3.63) is 64.7 Å². The molecule has 0 aliphatic rings. The smallest absolute Gasteiger partial charge is 0.251 e. The average molecular weight is 404 g/mol. The van der Waals surface area contributed by atoms with Gasteiger partial charge in [0, 0.05) is 29.2 Å². The minimum absolute atomic E-state index is 0.143. The van der Waals surface area contributed by atoms with Crippen molar-refractivity contribution in [1.29, 1.82) is 0 Å². The molecular weight excluding hydrogens is 382 g/mol. The number of nitrogens with one attached hydrogen (secondary N) is 3. The molecule has 0 bridgehead atoms. The largest absolute Gasteiger partial charge is 0.352 e. The Bertz CT molecular complexity index is 826. The molecule has 7 heteroatoms. The van der Waals surface area contributed by atoms with Crippen molar-refractivity contribution in [2.45, 2.75) is 26.2 Å². The third kappa shape index (κ3) is 7.00. The summed E-state index contributed by atoms with van der Waals surface area (Å²) in [5.41, 5.74) is 2.08. The average Bonchev–Trinajstić information content (AvgIpc) is 2.65. The summed E-state index contributed by atoms with van der Waals surface area (Å²) in [4.78, 5) is 24.1. The van der Waals surface area contributed by atoms with E-state index < -0.39 is 0 Å². The van der Waals surface area contributed by atoms with E-state index in [2.05, 4.69) is 16.0 Å². The molecule has 2 aromatic carbocycles. The van der Waals surface area contributed by atoms with Gasteiger partial charge in [-0.3, -0.25) is 9.59 Å². The van der Waals surface area contributed by atoms with Gasteiger partial charge in [0.1, 0.15) is 0 Å². The lowest BCUT2D eigenvalue weighted by Crippen LogP contribution is -2.34. The minimum Gasteiger partial charge on any atom is -0.352 e. The highest BCUT2D eigenvalue weighted by Gasteiger charge is 2.09. The number of carbonyl (C=O) groups is 2. The summed E-state index contributed by atoms with van der Waals surface area (Å²) in [7, 11) is 0. The van der Waals surface area contributed by atoms with Crippen LogP contribution in [-0.2, 0) is 11.2 Å². The Kier molecular flexibility index (Phi) is 8.23. The highest BCUT2D eigenvalue weighted by atomic mass is 35.5. The Hall–Kier alpha value is -2.44. The number of hydrogen-bond acceptors (Lipinski definition) is 3. The maximum absolute atomic E-state index is 12.1. The first-order chi connectivity index (χ1) is 13.0. The van der Waals surface area contributed by atoms with Gasteiger partial charge < -0.3 is 16.0 Å². The predicted octanol–water partition coefficient (Wildman–Crippen LogP) is 3.93. The number of benzene rings is 2. The highest BCUT2D eigenvalue weighted by Crippen LogP contribution is 2.16. The van der Waals surface area contributed by atoms with Gasteiger partial charge in [-0.15, -0.1) is 0 Å². The summed E-state index contributed by atoms with van der Waals surface area (Å²) in [5.74, 6) is -0.348. The monoisotopic (exact) mass is 403 g/mol. The molecule has 0 aliphatic carbocycles. The first-order valence-corrected chi connectivity index (χ1v) is 9.50. The van der Waals surface area contributed by atoms with Crippen molar-refractivity contribution >= 4 is 46.4 Å². The summed E-state index contributed by atoms with van der Waals surface area (Å²) in [5, 5.41) is 9.21. The van der Waals surface area contributed by atoms with Crippen molar-refractivity contribution < 1.29 is 9.59 Å². The molecular formula is C20H22ClN3O2S. The van der Waals surface area contributed by atoms with Gasteiger partial charge in [0.05, 0.1) is 0 Å². The molecule has 0 unspecified atom stereocenters. The van der Waals surface area contributed by atoms with Crippen LogP contribution in [0.5, 0.6) is 0 Å². The highest BCUT2D eigenvalue weighted by molar-refractivity contribution is 7.80. The van der Waals surface area contributed by atoms with Gasteiger partial charge in [-0.25, -0.2) is 0 Å². The van der Waals surface area contributed by atoms with Crippen LogP contribution < -0.4 is 16.0 Å². The Labute approximate surface area is 169 Å². The van der Waals surface area contributed by atoms with Gasteiger partial charge in [0.2, 0.25) is 5.91 Å². The fourth-order valence-electron chi connectivity index (χ4n) is 2.38. The first-order valence-electron chi connectivity index (χ1n) is 8.72. The molecule has 5 nitrogen and oxygen atoms in total. The zero-order chi connectivity index (χ0) is 19.6. The number of aryl methyl sites for hydroxylation is 1. The van der Waals surface area contributed by atoms with Crippen molar-refractivity contribution in [2.24, 2.45) is 0 Å². The molecule has 2 aromatic rings. The second-order valence-corrected chi connectivity index (χ2v) is 6.75. The van der Waals surface area contributed by atoms with Crippen molar-refractivity contribution in [2.75, 3.05) is 11.9 Å². The van der Waals surface area contributed by atoms with Crippen LogP contribution in [0.3, 0.4) is 0 Å². The topological polar surface area (TPSA) is 70.2 Å². The van der Waals surface area contributed by atoms with E-state index in [0.29, 0.717) is 29.2 Å². The molecule has 0 aliphatic heterocycles. The lowest BCUT2D eigenvalue weighted by molar-refractivity contribution is -0.119. The van der Waals surface area contributed by atoms with E-state index >= 15 is 0 Å². The van der Waals surface area contributed by atoms with Crippen LogP contribution in [0.1, 0.15) is 35.7 Å². The molecule has 142 valence electrons. The number of rotatable bonds is 7. The fraction of sp³-hybridized carbons (Fsp3) is 0.250. The SMILES string of the molecule is CCCNC(=O)c1cccc(NC(=S)NC(=O)CCc2ccccc2Cl)c1. The number of thiocarbonyl (C=S) groups is 1. The number of halogens is 1. The molecule has 0 spiro atoms. The zero-order valence-corrected chi connectivity index (χ0v) is 16.6. The fourth-order valence-corrected chi connectivity index (χ4v) is 2.84. The van der Waals surface area contributed by atoms with Crippen molar-refractivity contribution in [3.8, 4) is 0 Å². The third-order valence-electron chi connectivity index (χ3n) is 3.75. The molecule has 0 saturated heterocycles. The van der Waals surface area contributed by atoms with E-state index in [1.165, 1.54) is 0 Å². The molecule has 0 fully saturated rings. The summed E-state index contributed by atoms with van der Waals surface area (Å²) < 4.78 is 0. The van der Waals surface area contributed by atoms with Gasteiger partial charge in [0.25, 0.3) is 5.91 Å². The second kappa shape index (κ2) is 10.6. The van der Waals surface area contributed by atoms with E-state index in [0.717, 1.165) is 12.0 Å². The van der Waals surface area contributed by atoms with Crippen LogP contribution in [0.2, 0.25) is 5.02 Å².